The quantitative estimate of drug-likeness (QED) is 0.532. The van der Waals surface area contributed by atoms with Gasteiger partial charge in [0.05, 0.1) is 25.3 Å². The van der Waals surface area contributed by atoms with Crippen molar-refractivity contribution < 1.29 is 27.5 Å². The Kier molecular flexibility index (Phi) is 8.41. The molecule has 3 rings (SSSR count). The Morgan fingerprint density at radius 1 is 1.32 bits per heavy atom. The molecule has 1 heterocycles. The summed E-state index contributed by atoms with van der Waals surface area (Å²) in [6, 6.07) is 4.66. The highest BCUT2D eigenvalue weighted by Crippen LogP contribution is 2.32. The van der Waals surface area contributed by atoms with Crippen LogP contribution in [0.1, 0.15) is 45.1 Å². The van der Waals surface area contributed by atoms with Crippen molar-refractivity contribution in [2.24, 2.45) is 0 Å². The summed E-state index contributed by atoms with van der Waals surface area (Å²) in [4.78, 5) is 26.3. The average molecular weight is 480 g/mol. The summed E-state index contributed by atoms with van der Waals surface area (Å²) in [6.45, 7) is 5.80. The third-order valence-electron chi connectivity index (χ3n) is 6.15. The maximum atomic E-state index is 15.0. The molecule has 2 aliphatic rings. The molecule has 0 spiro atoms. The zero-order chi connectivity index (χ0) is 24.9. The molecule has 34 heavy (non-hydrogen) atoms. The van der Waals surface area contributed by atoms with Crippen LogP contribution in [0, 0.1) is 5.82 Å². The smallest absolute Gasteiger partial charge is 0.414 e. The number of nitrogens with zero attached hydrogens (tertiary/aromatic N) is 2. The maximum Gasteiger partial charge on any atom is 0.414 e. The minimum Gasteiger partial charge on any atom is -0.442 e. The number of likely N-dealkylation sites (N-methyl/N-ethyl adjacent to an activating group) is 1. The lowest BCUT2D eigenvalue weighted by atomic mass is 9.89. The van der Waals surface area contributed by atoms with E-state index in [9.17, 15) is 22.8 Å². The molecular weight excluding hydrogens is 447 g/mol. The van der Waals surface area contributed by atoms with Crippen molar-refractivity contribution in [2.75, 3.05) is 37.6 Å². The molecule has 186 valence electrons. The molecule has 1 aromatic carbocycles. The Morgan fingerprint density at radius 3 is 2.68 bits per heavy atom. The molecule has 9 heteroatoms. The van der Waals surface area contributed by atoms with Gasteiger partial charge in [-0.05, 0) is 36.2 Å². The molecule has 0 bridgehead atoms. The highest BCUT2D eigenvalue weighted by atomic mass is 19.3. The van der Waals surface area contributed by atoms with Gasteiger partial charge in [-0.25, -0.2) is 18.0 Å². The number of hydrogen-bond donors (Lipinski definition) is 1. The van der Waals surface area contributed by atoms with Crippen LogP contribution in [0.2, 0.25) is 0 Å². The Labute approximate surface area is 198 Å². The minimum atomic E-state index is -2.71. The molecule has 1 aliphatic heterocycles. The molecule has 1 fully saturated rings. The van der Waals surface area contributed by atoms with E-state index < -0.39 is 23.9 Å². The van der Waals surface area contributed by atoms with Crippen molar-refractivity contribution in [3.63, 3.8) is 0 Å². The molecule has 1 saturated heterocycles. The standard InChI is InChI=1S/C25H32F3N3O3/c1-4-25(27,28)16-30(5-2)14-18-6-8-19(9-7-18)22-11-10-20(12-23(22)26)31-15-21(34-24(31)33)13-29-17(3)32/h6-8,10-12,19,21H,4-5,9,13-16H2,1-3H3,(H,29,32)/t19?,21-/m0/s1. The molecule has 1 aliphatic carbocycles. The van der Waals surface area contributed by atoms with Crippen molar-refractivity contribution in [1.82, 2.24) is 10.2 Å². The first kappa shape index (κ1) is 25.8. The van der Waals surface area contributed by atoms with E-state index in [1.807, 2.05) is 25.2 Å². The number of halogens is 3. The van der Waals surface area contributed by atoms with E-state index in [0.29, 0.717) is 30.8 Å². The van der Waals surface area contributed by atoms with Crippen molar-refractivity contribution >= 4 is 17.7 Å². The normalized spacial score (nSPS) is 20.5. The van der Waals surface area contributed by atoms with Gasteiger partial charge < -0.3 is 10.1 Å². The van der Waals surface area contributed by atoms with E-state index in [4.69, 9.17) is 4.74 Å². The summed E-state index contributed by atoms with van der Waals surface area (Å²) in [5, 5.41) is 2.61. The Bertz CT molecular complexity index is 964. The van der Waals surface area contributed by atoms with Crippen LogP contribution in [-0.2, 0) is 9.53 Å². The van der Waals surface area contributed by atoms with E-state index in [1.54, 1.807) is 17.0 Å². The molecule has 2 amide bonds. The van der Waals surface area contributed by atoms with Gasteiger partial charge in [-0.3, -0.25) is 14.6 Å². The lowest BCUT2D eigenvalue weighted by molar-refractivity contribution is -0.119. The second kappa shape index (κ2) is 11.1. The van der Waals surface area contributed by atoms with Crippen LogP contribution in [0.5, 0.6) is 0 Å². The fraction of sp³-hybridized carbons (Fsp3) is 0.520. The topological polar surface area (TPSA) is 61.9 Å². The van der Waals surface area contributed by atoms with Gasteiger partial charge in [0.1, 0.15) is 11.9 Å². The van der Waals surface area contributed by atoms with E-state index in [2.05, 4.69) is 5.32 Å². The lowest BCUT2D eigenvalue weighted by Crippen LogP contribution is -2.37. The van der Waals surface area contributed by atoms with E-state index in [0.717, 1.165) is 5.57 Å². The van der Waals surface area contributed by atoms with Crippen LogP contribution in [0.25, 0.3) is 0 Å². The monoisotopic (exact) mass is 479 g/mol. The first-order valence-corrected chi connectivity index (χ1v) is 11.6. The number of ether oxygens (including phenoxy) is 1. The van der Waals surface area contributed by atoms with Crippen LogP contribution in [-0.4, -0.2) is 61.7 Å². The summed E-state index contributed by atoms with van der Waals surface area (Å²) in [5.74, 6) is -3.54. The fourth-order valence-electron chi connectivity index (χ4n) is 4.07. The largest absolute Gasteiger partial charge is 0.442 e. The number of hydrogen-bond acceptors (Lipinski definition) is 4. The summed E-state index contributed by atoms with van der Waals surface area (Å²) in [7, 11) is 0. The van der Waals surface area contributed by atoms with Gasteiger partial charge in [0.25, 0.3) is 5.92 Å². The average Bonchev–Trinajstić information content (AvgIpc) is 3.18. The number of benzene rings is 1. The number of rotatable bonds is 10. The molecule has 1 aromatic rings. The molecule has 6 nitrogen and oxygen atoms in total. The number of carbonyl (C=O) groups is 2. The van der Waals surface area contributed by atoms with Crippen molar-refractivity contribution in [3.05, 3.63) is 53.4 Å². The van der Waals surface area contributed by atoms with E-state index in [1.165, 1.54) is 24.8 Å². The molecule has 0 radical (unpaired) electrons. The second-order valence-electron chi connectivity index (χ2n) is 8.75. The SMILES string of the molecule is CCN(CC1=CCC(c2ccc(N3C[C@H](CNC(C)=O)OC3=O)cc2F)C=C1)CC(F)(F)CC. The molecule has 1 unspecified atom stereocenters. The number of amides is 2. The third kappa shape index (κ3) is 6.62. The molecule has 0 aromatic heterocycles. The fourth-order valence-corrected chi connectivity index (χ4v) is 4.07. The molecule has 1 N–H and O–H groups in total. The summed E-state index contributed by atoms with van der Waals surface area (Å²) in [5.41, 5.74) is 1.83. The zero-order valence-corrected chi connectivity index (χ0v) is 19.8. The predicted octanol–water partition coefficient (Wildman–Crippen LogP) is 4.62. The third-order valence-corrected chi connectivity index (χ3v) is 6.15. The van der Waals surface area contributed by atoms with Crippen molar-refractivity contribution in [2.45, 2.75) is 51.6 Å². The first-order chi connectivity index (χ1) is 16.1. The number of carbonyl (C=O) groups excluding carboxylic acids is 2. The molecule has 0 saturated carbocycles. The van der Waals surface area contributed by atoms with Crippen LogP contribution < -0.4 is 10.2 Å². The van der Waals surface area contributed by atoms with Gasteiger partial charge in [0.2, 0.25) is 5.91 Å². The number of cyclic esters (lactones) is 1. The second-order valence-corrected chi connectivity index (χ2v) is 8.75. The van der Waals surface area contributed by atoms with E-state index >= 15 is 0 Å². The van der Waals surface area contributed by atoms with Gasteiger partial charge in [-0.1, -0.05) is 38.1 Å². The van der Waals surface area contributed by atoms with Gasteiger partial charge in [0, 0.05) is 25.8 Å². The van der Waals surface area contributed by atoms with Crippen LogP contribution >= 0.6 is 0 Å². The number of alkyl halides is 2. The van der Waals surface area contributed by atoms with Gasteiger partial charge in [-0.15, -0.1) is 0 Å². The van der Waals surface area contributed by atoms with Gasteiger partial charge >= 0.3 is 6.09 Å². The number of nitrogens with one attached hydrogen (secondary N) is 1. The summed E-state index contributed by atoms with van der Waals surface area (Å²) < 4.78 is 47.7. The Balaban J connectivity index is 1.61. The predicted molar refractivity (Wildman–Crippen MR) is 125 cm³/mol. The first-order valence-electron chi connectivity index (χ1n) is 11.6. The number of anilines is 1. The van der Waals surface area contributed by atoms with Crippen LogP contribution in [0.3, 0.4) is 0 Å². The van der Waals surface area contributed by atoms with Gasteiger partial charge in [0.15, 0.2) is 0 Å². The van der Waals surface area contributed by atoms with Crippen molar-refractivity contribution in [1.29, 1.82) is 0 Å². The highest BCUT2D eigenvalue weighted by molar-refractivity contribution is 5.89. The van der Waals surface area contributed by atoms with Crippen LogP contribution in [0.4, 0.5) is 23.7 Å². The summed E-state index contributed by atoms with van der Waals surface area (Å²) >= 11 is 0. The highest BCUT2D eigenvalue weighted by Gasteiger charge is 2.33. The maximum absolute atomic E-state index is 15.0. The minimum absolute atomic E-state index is 0.178. The molecular formula is C25H32F3N3O3. The lowest BCUT2D eigenvalue weighted by Gasteiger charge is -2.27. The van der Waals surface area contributed by atoms with E-state index in [-0.39, 0.29) is 37.9 Å². The zero-order valence-electron chi connectivity index (χ0n) is 19.8. The Hall–Kier alpha value is -2.81. The summed E-state index contributed by atoms with van der Waals surface area (Å²) in [6.07, 6.45) is 5.03. The van der Waals surface area contributed by atoms with Crippen LogP contribution in [0.15, 0.2) is 42.0 Å². The van der Waals surface area contributed by atoms with Gasteiger partial charge in [-0.2, -0.15) is 0 Å². The Morgan fingerprint density at radius 2 is 2.09 bits per heavy atom. The molecule has 2 atom stereocenters. The van der Waals surface area contributed by atoms with Crippen molar-refractivity contribution in [3.8, 4) is 0 Å². The number of allylic oxidation sites excluding steroid dienone is 2.